The molecule has 1 amide bonds. The van der Waals surface area contributed by atoms with Crippen molar-refractivity contribution in [2.45, 2.75) is 4.90 Å². The number of aromatic nitrogens is 3. The molecule has 0 aliphatic heterocycles. The van der Waals surface area contributed by atoms with E-state index in [2.05, 4.69) is 35.8 Å². The predicted molar refractivity (Wildman–Crippen MR) is 124 cm³/mol. The number of rotatable bonds is 8. The number of anilines is 4. The van der Waals surface area contributed by atoms with E-state index in [0.29, 0.717) is 22.8 Å². The zero-order chi connectivity index (χ0) is 23.1. The average Bonchev–Trinajstić information content (AvgIpc) is 2.84. The molecule has 10 nitrogen and oxygen atoms in total. The highest BCUT2D eigenvalue weighted by Crippen LogP contribution is 2.20. The average molecular weight is 462 g/mol. The van der Waals surface area contributed by atoms with Gasteiger partial charge in [-0.1, -0.05) is 18.2 Å². The molecule has 4 rings (SSSR count). The van der Waals surface area contributed by atoms with Gasteiger partial charge in [0.25, 0.3) is 15.9 Å². The quantitative estimate of drug-likeness (QED) is 0.294. The van der Waals surface area contributed by atoms with Crippen molar-refractivity contribution in [2.24, 2.45) is 0 Å². The lowest BCUT2D eigenvalue weighted by atomic mass is 10.2. The molecule has 2 heterocycles. The molecule has 4 N–H and O–H groups in total. The van der Waals surface area contributed by atoms with E-state index in [9.17, 15) is 13.2 Å². The lowest BCUT2D eigenvalue weighted by Crippen LogP contribution is -2.30. The van der Waals surface area contributed by atoms with Crippen molar-refractivity contribution in [1.29, 1.82) is 0 Å². The van der Waals surface area contributed by atoms with Crippen molar-refractivity contribution in [2.75, 3.05) is 15.5 Å². The number of sulfonamides is 1. The molecule has 0 aliphatic carbocycles. The number of amides is 1. The summed E-state index contributed by atoms with van der Waals surface area (Å²) in [6.45, 7) is 0. The zero-order valence-corrected chi connectivity index (χ0v) is 18.0. The fraction of sp³-hybridized carbons (Fsp3) is 0. The van der Waals surface area contributed by atoms with Crippen molar-refractivity contribution < 1.29 is 13.2 Å². The summed E-state index contributed by atoms with van der Waals surface area (Å²) in [6.07, 6.45) is 4.52. The number of pyridine rings is 1. The molecule has 0 saturated heterocycles. The van der Waals surface area contributed by atoms with Gasteiger partial charge in [0.15, 0.2) is 0 Å². The summed E-state index contributed by atoms with van der Waals surface area (Å²) >= 11 is 0. The van der Waals surface area contributed by atoms with E-state index in [0.717, 1.165) is 0 Å². The minimum atomic E-state index is -3.73. The Kier molecular flexibility index (Phi) is 6.41. The Morgan fingerprint density at radius 2 is 1.52 bits per heavy atom. The summed E-state index contributed by atoms with van der Waals surface area (Å²) in [5.74, 6) is 0.312. The summed E-state index contributed by atoms with van der Waals surface area (Å²) in [4.78, 5) is 24.4. The van der Waals surface area contributed by atoms with Crippen LogP contribution in [0.2, 0.25) is 0 Å². The van der Waals surface area contributed by atoms with E-state index in [-0.39, 0.29) is 16.8 Å². The lowest BCUT2D eigenvalue weighted by Gasteiger charge is -2.11. The van der Waals surface area contributed by atoms with E-state index in [1.54, 1.807) is 54.6 Å². The first-order valence-electron chi connectivity index (χ1n) is 9.74. The van der Waals surface area contributed by atoms with E-state index in [1.165, 1.54) is 30.7 Å². The van der Waals surface area contributed by atoms with Crippen LogP contribution in [0.25, 0.3) is 0 Å². The van der Waals surface area contributed by atoms with Crippen molar-refractivity contribution in [3.8, 4) is 0 Å². The molecule has 0 unspecified atom stereocenters. The van der Waals surface area contributed by atoms with E-state index in [4.69, 9.17) is 0 Å². The van der Waals surface area contributed by atoms with E-state index in [1.807, 2.05) is 6.07 Å². The first kappa shape index (κ1) is 21.7. The van der Waals surface area contributed by atoms with Crippen LogP contribution >= 0.6 is 0 Å². The maximum absolute atomic E-state index is 12.5. The Labute approximate surface area is 190 Å². The molecule has 0 aliphatic rings. The molecule has 0 fully saturated rings. The Bertz CT molecular complexity index is 1330. The molecule has 11 heteroatoms. The normalized spacial score (nSPS) is 10.8. The van der Waals surface area contributed by atoms with Gasteiger partial charge >= 0.3 is 0 Å². The number of benzene rings is 2. The summed E-state index contributed by atoms with van der Waals surface area (Å²) in [5.41, 5.74) is 6.74. The second-order valence-electron chi connectivity index (χ2n) is 6.70. The van der Waals surface area contributed by atoms with Crippen LogP contribution < -0.4 is 20.9 Å². The summed E-state index contributed by atoms with van der Waals surface area (Å²) in [6, 6.07) is 19.7. The molecular formula is C22H19N7O3S. The Balaban J connectivity index is 1.38. The molecule has 33 heavy (non-hydrogen) atoms. The number of hydrogen-bond acceptors (Lipinski definition) is 8. The van der Waals surface area contributed by atoms with Gasteiger partial charge in [-0.15, -0.1) is 0 Å². The topological polar surface area (TPSA) is 138 Å². The first-order chi connectivity index (χ1) is 16.0. The van der Waals surface area contributed by atoms with Crippen molar-refractivity contribution in [3.05, 3.63) is 97.0 Å². The largest absolute Gasteiger partial charge is 0.340 e. The standard InChI is InChI=1S/C22H19N7O3S/c30-21(16-4-2-1-3-5-16)27-28-22-24-15-12-20(26-22)25-17-6-8-19(9-7-17)33(31,32)29-18-10-13-23-14-11-18/h1-15H,(H,23,29)(H,27,30)(H2,24,25,26,28). The van der Waals surface area contributed by atoms with Gasteiger partial charge in [-0.2, -0.15) is 4.98 Å². The molecule has 0 radical (unpaired) electrons. The Morgan fingerprint density at radius 1 is 0.788 bits per heavy atom. The highest BCUT2D eigenvalue weighted by atomic mass is 32.2. The second-order valence-corrected chi connectivity index (χ2v) is 8.38. The number of hydrogen-bond donors (Lipinski definition) is 4. The van der Waals surface area contributed by atoms with Crippen LogP contribution in [0, 0.1) is 0 Å². The summed E-state index contributed by atoms with van der Waals surface area (Å²) < 4.78 is 27.6. The molecule has 2 aromatic carbocycles. The third-order valence-electron chi connectivity index (χ3n) is 4.35. The highest BCUT2D eigenvalue weighted by Gasteiger charge is 2.14. The SMILES string of the molecule is O=C(NNc1nccc(Nc2ccc(S(=O)(=O)Nc3ccncc3)cc2)n1)c1ccccc1. The fourth-order valence-electron chi connectivity index (χ4n) is 2.76. The fourth-order valence-corrected chi connectivity index (χ4v) is 3.82. The first-order valence-corrected chi connectivity index (χ1v) is 11.2. The van der Waals surface area contributed by atoms with Crippen LogP contribution in [-0.2, 0) is 10.0 Å². The van der Waals surface area contributed by atoms with Gasteiger partial charge in [-0.25, -0.2) is 13.4 Å². The molecule has 0 spiro atoms. The number of nitrogens with one attached hydrogen (secondary N) is 4. The van der Waals surface area contributed by atoms with Gasteiger partial charge in [0, 0.05) is 29.8 Å². The third kappa shape index (κ3) is 5.80. The van der Waals surface area contributed by atoms with Gasteiger partial charge in [0.05, 0.1) is 10.6 Å². The maximum atomic E-state index is 12.5. The number of hydrazine groups is 1. The van der Waals surface area contributed by atoms with Crippen molar-refractivity contribution in [3.63, 3.8) is 0 Å². The lowest BCUT2D eigenvalue weighted by molar-refractivity contribution is 0.0962. The number of carbonyl (C=O) groups is 1. The summed E-state index contributed by atoms with van der Waals surface area (Å²) in [5, 5.41) is 3.06. The van der Waals surface area contributed by atoms with Gasteiger partial charge < -0.3 is 5.32 Å². The Morgan fingerprint density at radius 3 is 2.24 bits per heavy atom. The molecule has 0 bridgehead atoms. The van der Waals surface area contributed by atoms with Crippen LogP contribution in [0.5, 0.6) is 0 Å². The molecule has 166 valence electrons. The third-order valence-corrected chi connectivity index (χ3v) is 5.75. The van der Waals surface area contributed by atoms with Crippen LogP contribution in [0.3, 0.4) is 0 Å². The van der Waals surface area contributed by atoms with E-state index < -0.39 is 10.0 Å². The van der Waals surface area contributed by atoms with Gasteiger partial charge in [0.2, 0.25) is 5.95 Å². The van der Waals surface area contributed by atoms with Crippen molar-refractivity contribution >= 4 is 39.1 Å². The van der Waals surface area contributed by atoms with Gasteiger partial charge in [-0.05, 0) is 54.6 Å². The van der Waals surface area contributed by atoms with Crippen LogP contribution in [0.4, 0.5) is 23.1 Å². The van der Waals surface area contributed by atoms with Crippen molar-refractivity contribution in [1.82, 2.24) is 20.4 Å². The molecule has 4 aromatic rings. The van der Waals surface area contributed by atoms with Crippen LogP contribution in [0.1, 0.15) is 10.4 Å². The predicted octanol–water partition coefficient (Wildman–Crippen LogP) is 3.17. The van der Waals surface area contributed by atoms with Crippen LogP contribution in [0.15, 0.2) is 96.3 Å². The number of carbonyl (C=O) groups excluding carboxylic acids is 1. The van der Waals surface area contributed by atoms with Crippen LogP contribution in [-0.4, -0.2) is 29.3 Å². The molecular weight excluding hydrogens is 442 g/mol. The smallest absolute Gasteiger partial charge is 0.269 e. The number of nitrogens with zero attached hydrogens (tertiary/aromatic N) is 3. The minimum absolute atomic E-state index is 0.110. The maximum Gasteiger partial charge on any atom is 0.269 e. The minimum Gasteiger partial charge on any atom is -0.340 e. The summed E-state index contributed by atoms with van der Waals surface area (Å²) in [7, 11) is -3.73. The molecule has 0 atom stereocenters. The highest BCUT2D eigenvalue weighted by molar-refractivity contribution is 7.92. The monoisotopic (exact) mass is 461 g/mol. The molecule has 0 saturated carbocycles. The Hall–Kier alpha value is -4.51. The van der Waals surface area contributed by atoms with Gasteiger partial charge in [-0.3, -0.25) is 25.4 Å². The van der Waals surface area contributed by atoms with E-state index >= 15 is 0 Å². The second kappa shape index (κ2) is 9.75. The zero-order valence-electron chi connectivity index (χ0n) is 17.1. The van der Waals surface area contributed by atoms with Gasteiger partial charge in [0.1, 0.15) is 5.82 Å². The molecule has 2 aromatic heterocycles.